The summed E-state index contributed by atoms with van der Waals surface area (Å²) in [7, 11) is 0. The second-order valence-electron chi connectivity index (χ2n) is 8.94. The zero-order valence-corrected chi connectivity index (χ0v) is 20.1. The number of aliphatic hydroxyl groups is 1. The molecule has 2 atom stereocenters. The predicted molar refractivity (Wildman–Crippen MR) is 135 cm³/mol. The van der Waals surface area contributed by atoms with Gasteiger partial charge in [-0.1, -0.05) is 30.3 Å². The van der Waals surface area contributed by atoms with Gasteiger partial charge in [-0.2, -0.15) is 0 Å². The van der Waals surface area contributed by atoms with Crippen molar-refractivity contribution >= 4 is 23.2 Å². The maximum atomic E-state index is 12.7. The minimum Gasteiger partial charge on any atom is -0.387 e. The fourth-order valence-corrected chi connectivity index (χ4v) is 4.26. The van der Waals surface area contributed by atoms with E-state index in [1.54, 1.807) is 4.90 Å². The summed E-state index contributed by atoms with van der Waals surface area (Å²) in [4.78, 5) is 35.6. The molecule has 1 aliphatic heterocycles. The summed E-state index contributed by atoms with van der Waals surface area (Å²) in [6.45, 7) is 5.11. The first-order chi connectivity index (χ1) is 16.9. The van der Waals surface area contributed by atoms with Crippen LogP contribution in [-0.2, 0) is 16.0 Å². The summed E-state index contributed by atoms with van der Waals surface area (Å²) in [6, 6.07) is 18.7. The van der Waals surface area contributed by atoms with Crippen LogP contribution in [0.3, 0.4) is 0 Å². The van der Waals surface area contributed by atoms with Gasteiger partial charge in [0, 0.05) is 48.7 Å². The van der Waals surface area contributed by atoms with Crippen molar-refractivity contribution in [2.75, 3.05) is 30.3 Å². The van der Waals surface area contributed by atoms with Crippen LogP contribution in [0.15, 0.2) is 60.7 Å². The summed E-state index contributed by atoms with van der Waals surface area (Å²) in [5, 5.41) is 16.7. The number of carbonyl (C=O) groups excluding carboxylic acids is 2. The van der Waals surface area contributed by atoms with Gasteiger partial charge in [-0.25, -0.2) is 9.97 Å². The highest BCUT2D eigenvalue weighted by molar-refractivity contribution is 5.97. The number of β-amino-alcohol motifs (C(OH)–C–C–N with tert-alkyl or cyclic N) is 1. The molecule has 2 unspecified atom stereocenters. The van der Waals surface area contributed by atoms with Gasteiger partial charge < -0.3 is 20.6 Å². The topological polar surface area (TPSA) is 107 Å². The standard InChI is InChI=1S/C27H31N5O3/c1-18-14-19(2)30-25(29-18)12-13-28-22-8-10-23(11-9-22)31-27(35)21-15-26(34)32(16-21)17-24(33)20-6-4-3-5-7-20/h3-11,14,21,24,28,33H,12-13,15-17H2,1-2H3,(H,31,35). The van der Waals surface area contributed by atoms with E-state index in [1.807, 2.05) is 74.5 Å². The third-order valence-corrected chi connectivity index (χ3v) is 6.02. The van der Waals surface area contributed by atoms with Crippen LogP contribution in [0, 0.1) is 19.8 Å². The minimum absolute atomic E-state index is 0.118. The van der Waals surface area contributed by atoms with Crippen molar-refractivity contribution in [3.05, 3.63) is 83.4 Å². The van der Waals surface area contributed by atoms with Gasteiger partial charge in [-0.3, -0.25) is 9.59 Å². The zero-order chi connectivity index (χ0) is 24.8. The van der Waals surface area contributed by atoms with E-state index in [0.29, 0.717) is 25.2 Å². The lowest BCUT2D eigenvalue weighted by molar-refractivity contribution is -0.129. The van der Waals surface area contributed by atoms with E-state index in [-0.39, 0.29) is 24.8 Å². The molecule has 1 saturated heterocycles. The first kappa shape index (κ1) is 24.3. The third-order valence-electron chi connectivity index (χ3n) is 6.02. The monoisotopic (exact) mass is 473 g/mol. The molecular weight excluding hydrogens is 442 g/mol. The number of amides is 2. The van der Waals surface area contributed by atoms with Gasteiger partial charge >= 0.3 is 0 Å². The van der Waals surface area contributed by atoms with E-state index in [0.717, 1.165) is 28.5 Å². The Morgan fingerprint density at radius 2 is 1.71 bits per heavy atom. The Labute approximate surface area is 205 Å². The van der Waals surface area contributed by atoms with Crippen molar-refractivity contribution in [2.24, 2.45) is 5.92 Å². The van der Waals surface area contributed by atoms with Gasteiger partial charge in [-0.05, 0) is 49.7 Å². The Bertz CT molecular complexity index is 1150. The van der Waals surface area contributed by atoms with Gasteiger partial charge in [0.15, 0.2) is 0 Å². The lowest BCUT2D eigenvalue weighted by Crippen LogP contribution is -2.31. The van der Waals surface area contributed by atoms with Gasteiger partial charge in [0.05, 0.1) is 18.6 Å². The van der Waals surface area contributed by atoms with Crippen molar-refractivity contribution in [1.82, 2.24) is 14.9 Å². The molecule has 0 aliphatic carbocycles. The average molecular weight is 474 g/mol. The van der Waals surface area contributed by atoms with E-state index in [2.05, 4.69) is 20.6 Å². The Morgan fingerprint density at radius 1 is 1.06 bits per heavy atom. The number of carbonyl (C=O) groups is 2. The van der Waals surface area contributed by atoms with E-state index in [9.17, 15) is 14.7 Å². The quantitative estimate of drug-likeness (QED) is 0.440. The van der Waals surface area contributed by atoms with Crippen molar-refractivity contribution in [3.8, 4) is 0 Å². The van der Waals surface area contributed by atoms with Crippen molar-refractivity contribution in [3.63, 3.8) is 0 Å². The molecule has 0 radical (unpaired) electrons. The largest absolute Gasteiger partial charge is 0.387 e. The van der Waals surface area contributed by atoms with Crippen LogP contribution >= 0.6 is 0 Å². The lowest BCUT2D eigenvalue weighted by atomic mass is 10.1. The van der Waals surface area contributed by atoms with Crippen molar-refractivity contribution in [2.45, 2.75) is 32.8 Å². The number of benzene rings is 2. The molecule has 8 heteroatoms. The normalized spacial score (nSPS) is 16.3. The maximum Gasteiger partial charge on any atom is 0.229 e. The fourth-order valence-electron chi connectivity index (χ4n) is 4.26. The van der Waals surface area contributed by atoms with Crippen LogP contribution in [0.1, 0.15) is 35.3 Å². The number of anilines is 2. The summed E-state index contributed by atoms with van der Waals surface area (Å²) in [5.74, 6) is 0.0616. The number of aryl methyl sites for hydroxylation is 2. The molecule has 1 fully saturated rings. The van der Waals surface area contributed by atoms with Gasteiger partial charge in [0.25, 0.3) is 0 Å². The first-order valence-electron chi connectivity index (χ1n) is 11.8. The highest BCUT2D eigenvalue weighted by atomic mass is 16.3. The fraction of sp³-hybridized carbons (Fsp3) is 0.333. The molecule has 8 nitrogen and oxygen atoms in total. The molecule has 3 aromatic rings. The molecule has 2 amide bonds. The Hall–Kier alpha value is -3.78. The molecule has 35 heavy (non-hydrogen) atoms. The van der Waals surface area contributed by atoms with Crippen LogP contribution < -0.4 is 10.6 Å². The number of hydrogen-bond donors (Lipinski definition) is 3. The Balaban J connectivity index is 1.24. The smallest absolute Gasteiger partial charge is 0.229 e. The molecule has 0 bridgehead atoms. The summed E-state index contributed by atoms with van der Waals surface area (Å²) in [5.41, 5.74) is 4.29. The first-order valence-corrected chi connectivity index (χ1v) is 11.8. The molecule has 2 aromatic carbocycles. The van der Waals surface area contributed by atoms with Crippen LogP contribution in [0.5, 0.6) is 0 Å². The number of hydrogen-bond acceptors (Lipinski definition) is 6. The maximum absolute atomic E-state index is 12.7. The van der Waals surface area contributed by atoms with Gasteiger partial charge in [0.2, 0.25) is 11.8 Å². The van der Waals surface area contributed by atoms with Crippen LogP contribution in [0.25, 0.3) is 0 Å². The number of aromatic nitrogens is 2. The number of nitrogens with one attached hydrogen (secondary N) is 2. The van der Waals surface area contributed by atoms with E-state index in [4.69, 9.17) is 0 Å². The van der Waals surface area contributed by atoms with E-state index < -0.39 is 12.0 Å². The molecule has 3 N–H and O–H groups in total. The minimum atomic E-state index is -0.775. The van der Waals surface area contributed by atoms with Crippen molar-refractivity contribution < 1.29 is 14.7 Å². The van der Waals surface area contributed by atoms with Gasteiger partial charge in [-0.15, -0.1) is 0 Å². The molecule has 182 valence electrons. The highest BCUT2D eigenvalue weighted by Gasteiger charge is 2.35. The second-order valence-corrected chi connectivity index (χ2v) is 8.94. The number of rotatable bonds is 9. The molecular formula is C27H31N5O3. The number of nitrogens with zero attached hydrogens (tertiary/aromatic N) is 3. The molecule has 4 rings (SSSR count). The average Bonchev–Trinajstić information content (AvgIpc) is 3.20. The van der Waals surface area contributed by atoms with Crippen LogP contribution in [0.4, 0.5) is 11.4 Å². The van der Waals surface area contributed by atoms with Crippen molar-refractivity contribution in [1.29, 1.82) is 0 Å². The summed E-state index contributed by atoms with van der Waals surface area (Å²) < 4.78 is 0. The second kappa shape index (κ2) is 11.1. The zero-order valence-electron chi connectivity index (χ0n) is 20.1. The Kier molecular flexibility index (Phi) is 7.72. The summed E-state index contributed by atoms with van der Waals surface area (Å²) >= 11 is 0. The molecule has 1 aliphatic rings. The van der Waals surface area contributed by atoms with Crippen LogP contribution in [0.2, 0.25) is 0 Å². The summed E-state index contributed by atoms with van der Waals surface area (Å²) in [6.07, 6.45) is 0.0863. The number of aliphatic hydroxyl groups excluding tert-OH is 1. The van der Waals surface area contributed by atoms with E-state index >= 15 is 0 Å². The lowest BCUT2D eigenvalue weighted by Gasteiger charge is -2.20. The SMILES string of the molecule is Cc1cc(C)nc(CCNc2ccc(NC(=O)C3CC(=O)N(CC(O)c4ccccc4)C3)cc2)n1. The molecule has 0 spiro atoms. The molecule has 1 aromatic heterocycles. The molecule has 0 saturated carbocycles. The Morgan fingerprint density at radius 3 is 2.40 bits per heavy atom. The highest BCUT2D eigenvalue weighted by Crippen LogP contribution is 2.24. The van der Waals surface area contributed by atoms with Gasteiger partial charge in [0.1, 0.15) is 5.82 Å². The van der Waals surface area contributed by atoms with E-state index in [1.165, 1.54) is 0 Å². The van der Waals surface area contributed by atoms with Crippen LogP contribution in [-0.4, -0.2) is 51.4 Å². The number of likely N-dealkylation sites (tertiary alicyclic amines) is 1. The third kappa shape index (κ3) is 6.64. The molecule has 2 heterocycles. The predicted octanol–water partition coefficient (Wildman–Crippen LogP) is 3.27.